The number of anilines is 1. The third-order valence-electron chi connectivity index (χ3n) is 10.7. The molecule has 4 atom stereocenters. The van der Waals surface area contributed by atoms with Gasteiger partial charge in [-0.15, -0.1) is 6.42 Å². The highest BCUT2D eigenvalue weighted by Gasteiger charge is 2.50. The molecule has 0 saturated carbocycles. The van der Waals surface area contributed by atoms with Crippen molar-refractivity contribution in [2.24, 2.45) is 0 Å². The van der Waals surface area contributed by atoms with Gasteiger partial charge >= 0.3 is 6.01 Å². The van der Waals surface area contributed by atoms with Gasteiger partial charge in [0, 0.05) is 57.8 Å². The summed E-state index contributed by atoms with van der Waals surface area (Å²) in [4.78, 5) is 18.4. The van der Waals surface area contributed by atoms with Crippen LogP contribution in [0.5, 0.6) is 11.8 Å². The largest absolute Gasteiger partial charge is 0.497 e. The third kappa shape index (κ3) is 5.79. The van der Waals surface area contributed by atoms with E-state index in [9.17, 15) is 8.78 Å². The van der Waals surface area contributed by atoms with Crippen molar-refractivity contribution >= 4 is 27.5 Å². The van der Waals surface area contributed by atoms with Crippen molar-refractivity contribution in [3.63, 3.8) is 0 Å². The van der Waals surface area contributed by atoms with Crippen LogP contribution in [0.25, 0.3) is 32.9 Å². The molecule has 0 unspecified atom stereocenters. The van der Waals surface area contributed by atoms with Gasteiger partial charge in [0.15, 0.2) is 5.82 Å². The van der Waals surface area contributed by atoms with Gasteiger partial charge in [-0.2, -0.15) is 9.97 Å². The molecule has 0 aliphatic carbocycles. The molecule has 4 aliphatic heterocycles. The zero-order chi connectivity index (χ0) is 33.2. The van der Waals surface area contributed by atoms with E-state index in [1.165, 1.54) is 13.2 Å². The second-order valence-electron chi connectivity index (χ2n) is 13.7. The first-order valence-corrected chi connectivity index (χ1v) is 16.4. The first kappa shape index (κ1) is 35.6. The van der Waals surface area contributed by atoms with Crippen molar-refractivity contribution in [2.75, 3.05) is 58.5 Å². The van der Waals surface area contributed by atoms with Crippen molar-refractivity contribution in [2.45, 2.75) is 70.2 Å². The Morgan fingerprint density at radius 2 is 1.96 bits per heavy atom. The molecule has 4 fully saturated rings. The number of ether oxygens (including phenoxy) is 3. The van der Waals surface area contributed by atoms with E-state index in [2.05, 4.69) is 31.0 Å². The molecule has 268 valence electrons. The molecule has 2 aromatic heterocycles. The Balaban J connectivity index is 0.00000168. The van der Waals surface area contributed by atoms with Gasteiger partial charge in [-0.3, -0.25) is 9.88 Å². The Labute approximate surface area is 293 Å². The summed E-state index contributed by atoms with van der Waals surface area (Å²) >= 11 is 0. The number of terminal acetylenes is 1. The van der Waals surface area contributed by atoms with Crippen LogP contribution >= 0.6 is 0 Å². The van der Waals surface area contributed by atoms with E-state index in [1.807, 2.05) is 0 Å². The average Bonchev–Trinajstić information content (AvgIpc) is 3.71. The molecular weight excluding hydrogens is 645 g/mol. The number of methoxy groups -OCH3 is 2. The van der Waals surface area contributed by atoms with Crippen LogP contribution in [0.4, 0.5) is 19.0 Å². The molecule has 0 spiro atoms. The van der Waals surface area contributed by atoms with Gasteiger partial charge in [-0.25, -0.2) is 13.2 Å². The molecule has 9 nitrogen and oxygen atoms in total. The molecule has 2 bridgehead atoms. The van der Waals surface area contributed by atoms with Crippen molar-refractivity contribution in [1.29, 1.82) is 0 Å². The zero-order valence-electron chi connectivity index (χ0n) is 27.0. The minimum atomic E-state index is -0.920. The predicted octanol–water partition coefficient (Wildman–Crippen LogP) is 6.54. The van der Waals surface area contributed by atoms with Crippen LogP contribution in [0, 0.1) is 24.0 Å². The van der Waals surface area contributed by atoms with Gasteiger partial charge in [0.25, 0.3) is 0 Å². The lowest BCUT2D eigenvalue weighted by molar-refractivity contribution is 0.107. The Kier molecular flexibility index (Phi) is 9.63. The first-order valence-electron chi connectivity index (χ1n) is 16.4. The summed E-state index contributed by atoms with van der Waals surface area (Å²) in [5.74, 6) is 2.05. The number of halogens is 3. The fourth-order valence-electron chi connectivity index (χ4n) is 8.60. The van der Waals surface area contributed by atoms with Crippen LogP contribution in [0.15, 0.2) is 30.5 Å². The van der Waals surface area contributed by atoms with E-state index in [4.69, 9.17) is 25.6 Å². The maximum atomic E-state index is 17.0. The lowest BCUT2D eigenvalue weighted by Gasteiger charge is -2.41. The van der Waals surface area contributed by atoms with Crippen molar-refractivity contribution in [3.8, 4) is 35.4 Å². The lowest BCUT2D eigenvalue weighted by Crippen LogP contribution is -2.61. The maximum absolute atomic E-state index is 17.0. The number of benzene rings is 2. The Morgan fingerprint density at radius 3 is 2.74 bits per heavy atom. The molecule has 12 heteroatoms. The smallest absolute Gasteiger partial charge is 0.319 e. The van der Waals surface area contributed by atoms with E-state index in [-0.39, 0.29) is 62.8 Å². The second-order valence-corrected chi connectivity index (χ2v) is 13.7. The van der Waals surface area contributed by atoms with Crippen LogP contribution in [0.1, 0.15) is 53.9 Å². The molecule has 6 heterocycles. The van der Waals surface area contributed by atoms with E-state index in [0.29, 0.717) is 60.4 Å². The summed E-state index contributed by atoms with van der Waals surface area (Å²) in [6.45, 7) is 3.14. The minimum Gasteiger partial charge on any atom is -0.497 e. The fraction of sp³-hybridized carbons (Fsp3) is 0.500. The Morgan fingerprint density at radius 1 is 1.12 bits per heavy atom. The number of nitrogens with zero attached hydrogens (tertiary/aromatic N) is 5. The Bertz CT molecular complexity index is 1980. The van der Waals surface area contributed by atoms with Crippen molar-refractivity contribution in [3.05, 3.63) is 47.7 Å². The summed E-state index contributed by atoms with van der Waals surface area (Å²) < 4.78 is 64.0. The zero-order valence-corrected chi connectivity index (χ0v) is 27.0. The summed E-state index contributed by atoms with van der Waals surface area (Å²) in [6.07, 6.45) is 10.5. The van der Waals surface area contributed by atoms with Crippen LogP contribution in [-0.2, 0) is 4.74 Å². The number of piperazine rings is 1. The van der Waals surface area contributed by atoms with Gasteiger partial charge in [0.1, 0.15) is 41.4 Å². The van der Waals surface area contributed by atoms with Gasteiger partial charge in [-0.1, -0.05) is 26.8 Å². The van der Waals surface area contributed by atoms with Crippen LogP contribution < -0.4 is 19.7 Å². The highest BCUT2D eigenvalue weighted by atomic mass is 19.1. The van der Waals surface area contributed by atoms with Crippen LogP contribution in [-0.4, -0.2) is 96.8 Å². The first-order chi connectivity index (χ1) is 23.2. The highest BCUT2D eigenvalue weighted by Crippen LogP contribution is 2.42. The monoisotopic (exact) mass is 692 g/mol. The molecule has 50 heavy (non-hydrogen) atoms. The summed E-state index contributed by atoms with van der Waals surface area (Å²) in [5.41, 5.74) is -0.486. The van der Waals surface area contributed by atoms with E-state index < -0.39 is 23.3 Å². The van der Waals surface area contributed by atoms with E-state index in [1.54, 1.807) is 31.5 Å². The van der Waals surface area contributed by atoms with E-state index in [0.717, 1.165) is 32.2 Å². The number of alkyl halides is 1. The summed E-state index contributed by atoms with van der Waals surface area (Å²) in [6, 6.07) is 6.39. The molecular formula is C38H47F3N6O3. The molecule has 4 aliphatic rings. The van der Waals surface area contributed by atoms with Crippen molar-refractivity contribution in [1.82, 2.24) is 25.2 Å². The summed E-state index contributed by atoms with van der Waals surface area (Å²) in [7, 11) is 3.19. The standard InChI is InChI=1S/C36H37F3N6O3.2CH4.H2/c1-4-25-28(38)7-6-21-12-24(47-3)13-26(29(21)25)31-30(39)32-27(15-40-31)33(44-17-23-8-10-35(18-44,43-23)19-46-2)42-34(41-32)48-20-36-9-5-11-45(36)16-22(37)14-36;;;/h1,6-7,12-13,15,22-23,43H,5,8-11,14,16-20H2,2-3H3;2*1H4;1H/t22-,23+,35-,36+;;;/m1.../s1. The lowest BCUT2D eigenvalue weighted by atomic mass is 9.95. The van der Waals surface area contributed by atoms with Crippen LogP contribution in [0.2, 0.25) is 0 Å². The minimum absolute atomic E-state index is 0. The number of fused-ring (bicyclic) bond motifs is 5. The van der Waals surface area contributed by atoms with Gasteiger partial charge in [0.05, 0.1) is 35.7 Å². The Hall–Kier alpha value is -4.18. The number of hydrogen-bond acceptors (Lipinski definition) is 9. The second kappa shape index (κ2) is 13.5. The quantitative estimate of drug-likeness (QED) is 0.207. The van der Waals surface area contributed by atoms with Gasteiger partial charge in [0.2, 0.25) is 0 Å². The fourth-order valence-corrected chi connectivity index (χ4v) is 8.60. The molecule has 0 radical (unpaired) electrons. The van der Waals surface area contributed by atoms with Gasteiger partial charge < -0.3 is 24.4 Å². The van der Waals surface area contributed by atoms with Crippen LogP contribution in [0.3, 0.4) is 0 Å². The predicted molar refractivity (Wildman–Crippen MR) is 192 cm³/mol. The number of hydrogen-bond donors (Lipinski definition) is 1. The molecule has 4 aromatic rings. The number of pyridine rings is 1. The molecule has 0 amide bonds. The SMILES string of the molecule is C.C.C#Cc1c(F)ccc2cc(OC)cc(-c3ncc4c(N5C[C@@H]6CC[C@](COC)(C5)N6)nc(OC[C@@]56CCCN5C[C@H](F)C6)nc4c3F)c12.[HH]. The number of rotatable bonds is 8. The van der Waals surface area contributed by atoms with E-state index >= 15 is 4.39 Å². The molecule has 8 rings (SSSR count). The maximum Gasteiger partial charge on any atom is 0.319 e. The molecule has 4 saturated heterocycles. The normalized spacial score (nSPS) is 25.6. The van der Waals surface area contributed by atoms with Crippen molar-refractivity contribution < 1.29 is 28.8 Å². The molecule has 2 aromatic carbocycles. The topological polar surface area (TPSA) is 84.9 Å². The number of aromatic nitrogens is 3. The molecule has 1 N–H and O–H groups in total. The summed E-state index contributed by atoms with van der Waals surface area (Å²) in [5, 5.41) is 5.05. The third-order valence-corrected chi connectivity index (χ3v) is 10.7. The number of nitrogens with one attached hydrogen (secondary N) is 1. The highest BCUT2D eigenvalue weighted by molar-refractivity contribution is 6.03. The average molecular weight is 693 g/mol. The van der Waals surface area contributed by atoms with Gasteiger partial charge in [-0.05, 0) is 55.8 Å².